The minimum Gasteiger partial charge on any atom is -0.455 e. The number of nitrogens with one attached hydrogen (secondary N) is 2. The Morgan fingerprint density at radius 2 is 1.87 bits per heavy atom. The van der Waals surface area contributed by atoms with Gasteiger partial charge < -0.3 is 10.1 Å². The fourth-order valence-electron chi connectivity index (χ4n) is 1.42. The lowest BCUT2D eigenvalue weighted by molar-refractivity contribution is -0.145. The maximum atomic E-state index is 13.4. The van der Waals surface area contributed by atoms with Crippen molar-refractivity contribution in [2.75, 3.05) is 12.4 Å². The number of carbonyl (C=O) groups is 3. The van der Waals surface area contributed by atoms with Crippen molar-refractivity contribution in [3.63, 3.8) is 0 Å². The van der Waals surface area contributed by atoms with E-state index in [0.717, 1.165) is 11.8 Å². The number of benzene rings is 1. The fourth-order valence-corrected chi connectivity index (χ4v) is 2.16. The van der Waals surface area contributed by atoms with E-state index >= 15 is 0 Å². The van der Waals surface area contributed by atoms with Gasteiger partial charge in [-0.3, -0.25) is 14.9 Å². The van der Waals surface area contributed by atoms with Crippen molar-refractivity contribution in [2.45, 2.75) is 31.2 Å². The van der Waals surface area contributed by atoms with Crippen LogP contribution >= 0.6 is 11.8 Å². The molecular weight excluding hydrogens is 323 g/mol. The first kappa shape index (κ1) is 19.0. The van der Waals surface area contributed by atoms with Crippen molar-refractivity contribution in [1.82, 2.24) is 10.6 Å². The highest BCUT2D eigenvalue weighted by atomic mass is 32.2. The predicted molar refractivity (Wildman–Crippen MR) is 84.5 cm³/mol. The summed E-state index contributed by atoms with van der Waals surface area (Å²) in [6.07, 6.45) is 0. The first-order valence-electron chi connectivity index (χ1n) is 6.82. The lowest BCUT2D eigenvalue weighted by Crippen LogP contribution is -2.49. The lowest BCUT2D eigenvalue weighted by atomic mass is 10.1. The summed E-state index contributed by atoms with van der Waals surface area (Å²) in [4.78, 5) is 34.7. The van der Waals surface area contributed by atoms with Crippen LogP contribution in [0.2, 0.25) is 0 Å². The number of rotatable bonds is 5. The van der Waals surface area contributed by atoms with Crippen LogP contribution in [0.4, 0.5) is 9.18 Å². The molecule has 126 valence electrons. The standard InChI is InChI=1S/C15H19FN2O4S/c1-15(2,3)18-14(21)17-12(19)8-22-13(20)9-23-11-7-5-4-6-10(11)16/h4-7H,8-9H2,1-3H3,(H2,17,18,19,21). The Balaban J connectivity index is 2.29. The van der Waals surface area contributed by atoms with Gasteiger partial charge in [0.05, 0.1) is 5.75 Å². The second kappa shape index (κ2) is 8.52. The molecule has 0 saturated heterocycles. The average Bonchev–Trinajstić information content (AvgIpc) is 2.42. The molecule has 1 rings (SSSR count). The number of carbonyl (C=O) groups excluding carboxylic acids is 3. The molecule has 0 spiro atoms. The van der Waals surface area contributed by atoms with Crippen LogP contribution in [0.3, 0.4) is 0 Å². The molecule has 0 bridgehead atoms. The highest BCUT2D eigenvalue weighted by Crippen LogP contribution is 2.20. The third kappa shape index (κ3) is 8.20. The van der Waals surface area contributed by atoms with Crippen molar-refractivity contribution >= 4 is 29.7 Å². The number of urea groups is 1. The van der Waals surface area contributed by atoms with Crippen molar-refractivity contribution in [3.05, 3.63) is 30.1 Å². The molecule has 1 aromatic carbocycles. The number of hydrogen-bond donors (Lipinski definition) is 2. The van der Waals surface area contributed by atoms with E-state index in [9.17, 15) is 18.8 Å². The number of ether oxygens (including phenoxy) is 1. The molecule has 0 fully saturated rings. The molecular formula is C15H19FN2O4S. The minimum atomic E-state index is -0.740. The van der Waals surface area contributed by atoms with Gasteiger partial charge in [-0.1, -0.05) is 12.1 Å². The van der Waals surface area contributed by atoms with Gasteiger partial charge in [0.25, 0.3) is 5.91 Å². The molecule has 0 saturated carbocycles. The summed E-state index contributed by atoms with van der Waals surface area (Å²) in [5.74, 6) is -1.98. The molecule has 0 heterocycles. The second-order valence-electron chi connectivity index (χ2n) is 5.63. The van der Waals surface area contributed by atoms with Gasteiger partial charge in [0.2, 0.25) is 0 Å². The number of halogens is 1. The van der Waals surface area contributed by atoms with E-state index in [4.69, 9.17) is 4.74 Å². The maximum Gasteiger partial charge on any atom is 0.321 e. The first-order valence-corrected chi connectivity index (χ1v) is 7.81. The quantitative estimate of drug-likeness (QED) is 0.632. The van der Waals surface area contributed by atoms with Crippen LogP contribution in [0.25, 0.3) is 0 Å². The van der Waals surface area contributed by atoms with Crippen LogP contribution in [-0.4, -0.2) is 35.8 Å². The highest BCUT2D eigenvalue weighted by Gasteiger charge is 2.16. The SMILES string of the molecule is CC(C)(C)NC(=O)NC(=O)COC(=O)CSc1ccccc1F. The molecule has 6 nitrogen and oxygen atoms in total. The average molecular weight is 342 g/mol. The molecule has 0 unspecified atom stereocenters. The number of thioether (sulfide) groups is 1. The van der Waals surface area contributed by atoms with Crippen molar-refractivity contribution in [1.29, 1.82) is 0 Å². The third-order valence-electron chi connectivity index (χ3n) is 2.29. The van der Waals surface area contributed by atoms with Gasteiger partial charge in [0, 0.05) is 10.4 Å². The summed E-state index contributed by atoms with van der Waals surface area (Å²) in [6, 6.07) is 5.35. The number of esters is 1. The molecule has 1 aromatic rings. The van der Waals surface area contributed by atoms with Crippen molar-refractivity contribution in [3.8, 4) is 0 Å². The molecule has 8 heteroatoms. The zero-order valence-corrected chi connectivity index (χ0v) is 14.0. The second-order valence-corrected chi connectivity index (χ2v) is 6.65. The Kier molecular flexibility index (Phi) is 7.02. The van der Waals surface area contributed by atoms with E-state index in [-0.39, 0.29) is 5.75 Å². The molecule has 2 N–H and O–H groups in total. The first-order chi connectivity index (χ1) is 10.7. The van der Waals surface area contributed by atoms with Gasteiger partial charge in [-0.05, 0) is 32.9 Å². The molecule has 23 heavy (non-hydrogen) atoms. The number of hydrogen-bond acceptors (Lipinski definition) is 5. The molecule has 0 atom stereocenters. The summed E-state index contributed by atoms with van der Waals surface area (Å²) >= 11 is 0.968. The van der Waals surface area contributed by atoms with Crippen LogP contribution in [-0.2, 0) is 14.3 Å². The molecule has 0 aromatic heterocycles. The highest BCUT2D eigenvalue weighted by molar-refractivity contribution is 8.00. The van der Waals surface area contributed by atoms with E-state index in [2.05, 4.69) is 5.32 Å². The van der Waals surface area contributed by atoms with E-state index in [0.29, 0.717) is 4.90 Å². The van der Waals surface area contributed by atoms with Crippen LogP contribution in [0.1, 0.15) is 20.8 Å². The van der Waals surface area contributed by atoms with Crippen molar-refractivity contribution < 1.29 is 23.5 Å². The monoisotopic (exact) mass is 342 g/mol. The topological polar surface area (TPSA) is 84.5 Å². The summed E-state index contributed by atoms with van der Waals surface area (Å²) < 4.78 is 18.1. The van der Waals surface area contributed by atoms with E-state index in [1.54, 1.807) is 32.9 Å². The van der Waals surface area contributed by atoms with Gasteiger partial charge >= 0.3 is 12.0 Å². The van der Waals surface area contributed by atoms with Crippen LogP contribution in [0.5, 0.6) is 0 Å². The Morgan fingerprint density at radius 3 is 2.48 bits per heavy atom. The van der Waals surface area contributed by atoms with Gasteiger partial charge in [0.1, 0.15) is 5.82 Å². The smallest absolute Gasteiger partial charge is 0.321 e. The normalized spacial score (nSPS) is 10.8. The zero-order valence-electron chi connectivity index (χ0n) is 13.1. The maximum absolute atomic E-state index is 13.4. The molecule has 0 aliphatic heterocycles. The van der Waals surface area contributed by atoms with Crippen molar-refractivity contribution in [2.24, 2.45) is 0 Å². The summed E-state index contributed by atoms with van der Waals surface area (Å²) in [5, 5.41) is 4.58. The van der Waals surface area contributed by atoms with Crippen LogP contribution < -0.4 is 10.6 Å². The van der Waals surface area contributed by atoms with Gasteiger partial charge in [0.15, 0.2) is 6.61 Å². The Bertz CT molecular complexity index is 587. The van der Waals surface area contributed by atoms with Crippen LogP contribution in [0.15, 0.2) is 29.2 Å². The molecule has 0 aliphatic carbocycles. The summed E-state index contributed by atoms with van der Waals surface area (Å²) in [6.45, 7) is 4.71. The van der Waals surface area contributed by atoms with E-state index in [1.165, 1.54) is 12.1 Å². The predicted octanol–water partition coefficient (Wildman–Crippen LogP) is 2.09. The molecule has 0 radical (unpaired) electrons. The van der Waals surface area contributed by atoms with Gasteiger partial charge in [-0.25, -0.2) is 9.18 Å². The molecule has 3 amide bonds. The van der Waals surface area contributed by atoms with E-state index < -0.39 is 35.9 Å². The summed E-state index contributed by atoms with van der Waals surface area (Å²) in [5.41, 5.74) is -0.489. The van der Waals surface area contributed by atoms with Gasteiger partial charge in [-0.2, -0.15) is 0 Å². The lowest BCUT2D eigenvalue weighted by Gasteiger charge is -2.20. The third-order valence-corrected chi connectivity index (χ3v) is 3.31. The zero-order chi connectivity index (χ0) is 17.5. The Morgan fingerprint density at radius 1 is 1.22 bits per heavy atom. The van der Waals surface area contributed by atoms with Gasteiger partial charge in [-0.15, -0.1) is 11.8 Å². The number of amides is 3. The number of imide groups is 1. The minimum absolute atomic E-state index is 0.137. The molecule has 0 aliphatic rings. The van der Waals surface area contributed by atoms with E-state index in [1.807, 2.05) is 5.32 Å². The Labute approximate surface area is 138 Å². The Hall–Kier alpha value is -2.09. The van der Waals surface area contributed by atoms with Crippen LogP contribution in [0, 0.1) is 5.82 Å². The summed E-state index contributed by atoms with van der Waals surface area (Å²) in [7, 11) is 0. The fraction of sp³-hybridized carbons (Fsp3) is 0.400. The largest absolute Gasteiger partial charge is 0.455 e.